The minimum Gasteiger partial charge on any atom is -0.338 e. The van der Waals surface area contributed by atoms with Gasteiger partial charge in [0.25, 0.3) is 0 Å². The third-order valence-electron chi connectivity index (χ3n) is 2.99. The highest BCUT2D eigenvalue weighted by Gasteiger charge is 2.25. The zero-order valence-corrected chi connectivity index (χ0v) is 9.40. The van der Waals surface area contributed by atoms with Crippen molar-refractivity contribution in [3.63, 3.8) is 0 Å². The number of nitriles is 1. The molecule has 88 valence electrons. The Hall–Kier alpha value is -1.89. The molecule has 1 aromatic carbocycles. The third kappa shape index (κ3) is 2.82. The van der Waals surface area contributed by atoms with Crippen LogP contribution in [-0.4, -0.2) is 17.4 Å². The highest BCUT2D eigenvalue weighted by Crippen LogP contribution is 2.19. The lowest BCUT2D eigenvalue weighted by atomic mass is 9.97. The van der Waals surface area contributed by atoms with Crippen LogP contribution >= 0.6 is 0 Å². The summed E-state index contributed by atoms with van der Waals surface area (Å²) in [6, 6.07) is 8.27. The summed E-state index contributed by atoms with van der Waals surface area (Å²) in [6.07, 6.45) is 1.03. The summed E-state index contributed by atoms with van der Waals surface area (Å²) in [5.74, 6) is -0.414. The Bertz CT molecular complexity index is 449. The molecule has 0 bridgehead atoms. The molecule has 1 amide bonds. The smallest absolute Gasteiger partial charge is 0.224 e. The van der Waals surface area contributed by atoms with E-state index in [9.17, 15) is 9.18 Å². The summed E-state index contributed by atoms with van der Waals surface area (Å²) in [5.41, 5.74) is 0.912. The first-order valence-corrected chi connectivity index (χ1v) is 5.61. The molecule has 1 aromatic rings. The second-order valence-corrected chi connectivity index (χ2v) is 4.26. The monoisotopic (exact) mass is 232 g/mol. The average molecular weight is 232 g/mol. The molecular formula is C13H13FN2O. The fourth-order valence-corrected chi connectivity index (χ4v) is 1.97. The van der Waals surface area contributed by atoms with Gasteiger partial charge in [-0.15, -0.1) is 0 Å². The standard InChI is InChI=1S/C13H13FN2O/c14-12-3-1-10(2-4-12)9-16-6-5-11(8-15)7-13(16)17/h1-4,11H,5-7,9H2. The molecule has 0 N–H and O–H groups in total. The Kier molecular flexibility index (Phi) is 3.38. The fraction of sp³-hybridized carbons (Fsp3) is 0.385. The van der Waals surface area contributed by atoms with Gasteiger partial charge in [-0.3, -0.25) is 4.79 Å². The predicted octanol–water partition coefficient (Wildman–Crippen LogP) is 2.09. The highest BCUT2D eigenvalue weighted by molar-refractivity contribution is 5.77. The van der Waals surface area contributed by atoms with Crippen molar-refractivity contribution >= 4 is 5.91 Å². The van der Waals surface area contributed by atoms with Gasteiger partial charge < -0.3 is 4.90 Å². The summed E-state index contributed by atoms with van der Waals surface area (Å²) < 4.78 is 12.7. The van der Waals surface area contributed by atoms with Crippen molar-refractivity contribution in [2.45, 2.75) is 19.4 Å². The van der Waals surface area contributed by atoms with Gasteiger partial charge in [0.15, 0.2) is 0 Å². The maximum Gasteiger partial charge on any atom is 0.224 e. The second kappa shape index (κ2) is 4.96. The van der Waals surface area contributed by atoms with E-state index in [4.69, 9.17) is 5.26 Å². The lowest BCUT2D eigenvalue weighted by molar-refractivity contribution is -0.134. The molecule has 0 spiro atoms. The van der Waals surface area contributed by atoms with Gasteiger partial charge in [0.1, 0.15) is 5.82 Å². The summed E-state index contributed by atoms with van der Waals surface area (Å²) in [5, 5.41) is 8.75. The van der Waals surface area contributed by atoms with Gasteiger partial charge in [-0.25, -0.2) is 4.39 Å². The van der Waals surface area contributed by atoms with Gasteiger partial charge in [0, 0.05) is 19.5 Å². The number of nitrogens with zero attached hydrogens (tertiary/aromatic N) is 2. The van der Waals surface area contributed by atoms with Crippen LogP contribution in [-0.2, 0) is 11.3 Å². The van der Waals surface area contributed by atoms with Crippen LogP contribution < -0.4 is 0 Å². The molecule has 0 saturated carbocycles. The lowest BCUT2D eigenvalue weighted by Gasteiger charge is -2.29. The van der Waals surface area contributed by atoms with Crippen molar-refractivity contribution < 1.29 is 9.18 Å². The van der Waals surface area contributed by atoms with E-state index in [0.717, 1.165) is 12.0 Å². The topological polar surface area (TPSA) is 44.1 Å². The Balaban J connectivity index is 1.98. The molecule has 0 aliphatic carbocycles. The van der Waals surface area contributed by atoms with Gasteiger partial charge in [-0.05, 0) is 24.1 Å². The first kappa shape index (κ1) is 11.6. The molecule has 1 aliphatic rings. The van der Waals surface area contributed by atoms with E-state index in [2.05, 4.69) is 6.07 Å². The number of likely N-dealkylation sites (tertiary alicyclic amines) is 1. The number of hydrogen-bond acceptors (Lipinski definition) is 2. The van der Waals surface area contributed by atoms with Crippen molar-refractivity contribution in [3.05, 3.63) is 35.6 Å². The predicted molar refractivity (Wildman–Crippen MR) is 60.2 cm³/mol. The van der Waals surface area contributed by atoms with Crippen molar-refractivity contribution in [2.24, 2.45) is 5.92 Å². The van der Waals surface area contributed by atoms with E-state index >= 15 is 0 Å². The summed E-state index contributed by atoms with van der Waals surface area (Å²) in [4.78, 5) is 13.5. The number of piperidine rings is 1. The van der Waals surface area contributed by atoms with Gasteiger partial charge in [-0.2, -0.15) is 5.26 Å². The van der Waals surface area contributed by atoms with Crippen LogP contribution in [0.2, 0.25) is 0 Å². The Labute approximate surface area is 99.5 Å². The molecule has 0 aromatic heterocycles. The number of hydrogen-bond donors (Lipinski definition) is 0. The molecule has 1 atom stereocenters. The van der Waals surface area contributed by atoms with Gasteiger partial charge in [0.2, 0.25) is 5.91 Å². The highest BCUT2D eigenvalue weighted by atomic mass is 19.1. The van der Waals surface area contributed by atoms with E-state index in [1.54, 1.807) is 17.0 Å². The number of halogens is 1. The van der Waals surface area contributed by atoms with Crippen molar-refractivity contribution in [1.29, 1.82) is 5.26 Å². The summed E-state index contributed by atoms with van der Waals surface area (Å²) in [7, 11) is 0. The Morgan fingerprint density at radius 1 is 1.41 bits per heavy atom. The molecule has 1 heterocycles. The normalized spacial score (nSPS) is 20.1. The minimum atomic E-state index is -0.275. The quantitative estimate of drug-likeness (QED) is 0.783. The van der Waals surface area contributed by atoms with E-state index in [-0.39, 0.29) is 17.6 Å². The molecule has 1 unspecified atom stereocenters. The molecule has 4 heteroatoms. The van der Waals surface area contributed by atoms with Crippen LogP contribution in [0.1, 0.15) is 18.4 Å². The molecule has 3 nitrogen and oxygen atoms in total. The minimum absolute atomic E-state index is 0.00660. The number of benzene rings is 1. The lowest BCUT2D eigenvalue weighted by Crippen LogP contribution is -2.37. The summed E-state index contributed by atoms with van der Waals surface area (Å²) >= 11 is 0. The van der Waals surface area contributed by atoms with E-state index in [1.807, 2.05) is 0 Å². The largest absolute Gasteiger partial charge is 0.338 e. The van der Waals surface area contributed by atoms with Crippen LogP contribution in [0.25, 0.3) is 0 Å². The fourth-order valence-electron chi connectivity index (χ4n) is 1.97. The molecule has 2 rings (SSSR count). The van der Waals surface area contributed by atoms with E-state index in [0.29, 0.717) is 19.5 Å². The van der Waals surface area contributed by atoms with Crippen LogP contribution in [0.15, 0.2) is 24.3 Å². The third-order valence-corrected chi connectivity index (χ3v) is 2.99. The first-order chi connectivity index (χ1) is 8.19. The van der Waals surface area contributed by atoms with Crippen molar-refractivity contribution in [3.8, 4) is 6.07 Å². The van der Waals surface area contributed by atoms with Gasteiger partial charge >= 0.3 is 0 Å². The number of carbonyl (C=O) groups excluding carboxylic acids is 1. The second-order valence-electron chi connectivity index (χ2n) is 4.26. The zero-order valence-electron chi connectivity index (χ0n) is 9.40. The maximum absolute atomic E-state index is 12.7. The molecule has 17 heavy (non-hydrogen) atoms. The first-order valence-electron chi connectivity index (χ1n) is 5.61. The number of rotatable bonds is 2. The van der Waals surface area contributed by atoms with Gasteiger partial charge in [-0.1, -0.05) is 12.1 Å². The summed E-state index contributed by atoms with van der Waals surface area (Å²) in [6.45, 7) is 1.10. The zero-order chi connectivity index (χ0) is 12.3. The van der Waals surface area contributed by atoms with Crippen LogP contribution in [0.4, 0.5) is 4.39 Å². The van der Waals surface area contributed by atoms with Gasteiger partial charge in [0.05, 0.1) is 12.0 Å². The molecule has 1 fully saturated rings. The Morgan fingerprint density at radius 2 is 2.12 bits per heavy atom. The SMILES string of the molecule is N#CC1CCN(Cc2ccc(F)cc2)C(=O)C1. The average Bonchev–Trinajstić information content (AvgIpc) is 2.34. The number of amides is 1. The van der Waals surface area contributed by atoms with Crippen molar-refractivity contribution in [2.75, 3.05) is 6.54 Å². The molecule has 1 saturated heterocycles. The van der Waals surface area contributed by atoms with Crippen LogP contribution in [0, 0.1) is 23.1 Å². The van der Waals surface area contributed by atoms with Crippen LogP contribution in [0.5, 0.6) is 0 Å². The van der Waals surface area contributed by atoms with E-state index < -0.39 is 0 Å². The molecule has 1 aliphatic heterocycles. The van der Waals surface area contributed by atoms with E-state index in [1.165, 1.54) is 12.1 Å². The molecule has 0 radical (unpaired) electrons. The molecular weight excluding hydrogens is 219 g/mol. The van der Waals surface area contributed by atoms with Crippen molar-refractivity contribution in [1.82, 2.24) is 4.90 Å². The Morgan fingerprint density at radius 3 is 2.71 bits per heavy atom. The number of carbonyl (C=O) groups is 1. The van der Waals surface area contributed by atoms with Crippen LogP contribution in [0.3, 0.4) is 0 Å². The maximum atomic E-state index is 12.7.